The van der Waals surface area contributed by atoms with Crippen LogP contribution in [0, 0.1) is 0 Å². The molecule has 0 bridgehead atoms. The number of ketones is 1. The van der Waals surface area contributed by atoms with Crippen LogP contribution in [0.2, 0.25) is 0 Å². The minimum absolute atomic E-state index is 0.0435. The second-order valence-corrected chi connectivity index (χ2v) is 5.44. The first-order valence-electron chi connectivity index (χ1n) is 6.34. The molecule has 0 saturated heterocycles. The van der Waals surface area contributed by atoms with Gasteiger partial charge in [0.25, 0.3) is 0 Å². The third-order valence-corrected chi connectivity index (χ3v) is 2.42. The van der Waals surface area contributed by atoms with E-state index in [0.29, 0.717) is 18.5 Å². The van der Waals surface area contributed by atoms with Gasteiger partial charge < -0.3 is 10.1 Å². The van der Waals surface area contributed by atoms with Crippen molar-refractivity contribution in [3.8, 4) is 0 Å². The molecular weight excluding hydrogens is 242 g/mol. The number of ether oxygens (including phenoxy) is 1. The van der Waals surface area contributed by atoms with E-state index >= 15 is 0 Å². The number of hydrogen-bond acceptors (Lipinski definition) is 3. The molecule has 4 nitrogen and oxygen atoms in total. The molecule has 0 fully saturated rings. The maximum absolute atomic E-state index is 11.4. The maximum atomic E-state index is 11.4. The van der Waals surface area contributed by atoms with Gasteiger partial charge in [-0.2, -0.15) is 0 Å². The van der Waals surface area contributed by atoms with Crippen molar-refractivity contribution in [3.05, 3.63) is 35.4 Å². The van der Waals surface area contributed by atoms with Crippen molar-refractivity contribution >= 4 is 11.9 Å². The molecule has 0 aliphatic heterocycles. The van der Waals surface area contributed by atoms with Gasteiger partial charge in [-0.25, -0.2) is 4.79 Å². The molecule has 0 aromatic heterocycles. The molecule has 0 aliphatic rings. The summed E-state index contributed by atoms with van der Waals surface area (Å²) in [7, 11) is 0. The molecule has 1 N–H and O–H groups in total. The van der Waals surface area contributed by atoms with Gasteiger partial charge in [0, 0.05) is 12.1 Å². The van der Waals surface area contributed by atoms with E-state index in [-0.39, 0.29) is 5.78 Å². The SMILES string of the molecule is CC(=O)c1cccc(CCNC(=O)OC(C)(C)C)c1. The molecule has 0 spiro atoms. The van der Waals surface area contributed by atoms with Gasteiger partial charge in [-0.3, -0.25) is 4.79 Å². The van der Waals surface area contributed by atoms with Crippen LogP contribution in [0.4, 0.5) is 4.79 Å². The highest BCUT2D eigenvalue weighted by atomic mass is 16.6. The van der Waals surface area contributed by atoms with Gasteiger partial charge in [-0.1, -0.05) is 18.2 Å². The second-order valence-electron chi connectivity index (χ2n) is 5.44. The van der Waals surface area contributed by atoms with Gasteiger partial charge in [0.2, 0.25) is 0 Å². The molecule has 19 heavy (non-hydrogen) atoms. The Labute approximate surface area is 114 Å². The summed E-state index contributed by atoms with van der Waals surface area (Å²) in [6.45, 7) is 7.49. The Morgan fingerprint density at radius 1 is 1.26 bits per heavy atom. The lowest BCUT2D eigenvalue weighted by Crippen LogP contribution is -2.33. The lowest BCUT2D eigenvalue weighted by molar-refractivity contribution is 0.0528. The van der Waals surface area contributed by atoms with Crippen LogP contribution in [0.15, 0.2) is 24.3 Å². The van der Waals surface area contributed by atoms with Crippen molar-refractivity contribution in [2.75, 3.05) is 6.54 Å². The number of Topliss-reactive ketones (excluding diaryl/α,β-unsaturated/α-hetero) is 1. The summed E-state index contributed by atoms with van der Waals surface area (Å²) in [4.78, 5) is 22.7. The molecule has 1 amide bonds. The summed E-state index contributed by atoms with van der Waals surface area (Å²) in [5.74, 6) is 0.0435. The van der Waals surface area contributed by atoms with E-state index in [0.717, 1.165) is 5.56 Å². The molecule has 0 atom stereocenters. The van der Waals surface area contributed by atoms with Gasteiger partial charge in [-0.15, -0.1) is 0 Å². The molecule has 0 radical (unpaired) electrons. The van der Waals surface area contributed by atoms with Crippen molar-refractivity contribution < 1.29 is 14.3 Å². The zero-order chi connectivity index (χ0) is 14.5. The second kappa shape index (κ2) is 6.36. The zero-order valence-corrected chi connectivity index (χ0v) is 11.9. The van der Waals surface area contributed by atoms with E-state index in [9.17, 15) is 9.59 Å². The molecule has 1 aromatic carbocycles. The monoisotopic (exact) mass is 263 g/mol. The highest BCUT2D eigenvalue weighted by Gasteiger charge is 2.15. The van der Waals surface area contributed by atoms with Crippen LogP contribution in [-0.2, 0) is 11.2 Å². The molecule has 0 aliphatic carbocycles. The van der Waals surface area contributed by atoms with E-state index in [4.69, 9.17) is 4.74 Å². The minimum atomic E-state index is -0.487. The van der Waals surface area contributed by atoms with Gasteiger partial charge in [0.1, 0.15) is 5.60 Å². The van der Waals surface area contributed by atoms with Crippen molar-refractivity contribution in [1.29, 1.82) is 0 Å². The molecular formula is C15H21NO3. The predicted octanol–water partition coefficient (Wildman–Crippen LogP) is 2.96. The van der Waals surface area contributed by atoms with E-state index in [1.165, 1.54) is 6.92 Å². The Hall–Kier alpha value is -1.84. The average Bonchev–Trinajstić information content (AvgIpc) is 2.27. The fourth-order valence-electron chi connectivity index (χ4n) is 1.57. The van der Waals surface area contributed by atoms with Crippen molar-refractivity contribution in [2.24, 2.45) is 0 Å². The first-order valence-corrected chi connectivity index (χ1v) is 6.34. The molecule has 1 aromatic rings. The number of benzene rings is 1. The Kier molecular flexibility index (Phi) is 5.10. The van der Waals surface area contributed by atoms with Crippen molar-refractivity contribution in [2.45, 2.75) is 39.7 Å². The van der Waals surface area contributed by atoms with Crippen LogP contribution in [0.1, 0.15) is 43.6 Å². The number of nitrogens with one attached hydrogen (secondary N) is 1. The topological polar surface area (TPSA) is 55.4 Å². The summed E-state index contributed by atoms with van der Waals surface area (Å²) in [6, 6.07) is 7.41. The van der Waals surface area contributed by atoms with Crippen LogP contribution < -0.4 is 5.32 Å². The third-order valence-electron chi connectivity index (χ3n) is 2.42. The lowest BCUT2D eigenvalue weighted by atomic mass is 10.1. The fraction of sp³-hybridized carbons (Fsp3) is 0.467. The third kappa shape index (κ3) is 6.04. The molecule has 4 heteroatoms. The Morgan fingerprint density at radius 2 is 1.95 bits per heavy atom. The van der Waals surface area contributed by atoms with E-state index in [1.54, 1.807) is 6.07 Å². The molecule has 0 saturated carbocycles. The van der Waals surface area contributed by atoms with E-state index in [2.05, 4.69) is 5.32 Å². The summed E-state index contributed by atoms with van der Waals surface area (Å²) < 4.78 is 5.13. The van der Waals surface area contributed by atoms with Gasteiger partial charge >= 0.3 is 6.09 Å². The number of alkyl carbamates (subject to hydrolysis) is 1. The van der Waals surface area contributed by atoms with Gasteiger partial charge in [0.05, 0.1) is 0 Å². The first kappa shape index (κ1) is 15.2. The van der Waals surface area contributed by atoms with E-state index in [1.807, 2.05) is 39.0 Å². The van der Waals surface area contributed by atoms with Crippen LogP contribution in [0.5, 0.6) is 0 Å². The van der Waals surface area contributed by atoms with Crippen LogP contribution in [0.3, 0.4) is 0 Å². The standard InChI is InChI=1S/C15H21NO3/c1-11(17)13-7-5-6-12(10-13)8-9-16-14(18)19-15(2,3)4/h5-7,10H,8-9H2,1-4H3,(H,16,18). The summed E-state index contributed by atoms with van der Waals surface area (Å²) in [5.41, 5.74) is 1.22. The average molecular weight is 263 g/mol. The predicted molar refractivity (Wildman–Crippen MR) is 74.4 cm³/mol. The van der Waals surface area contributed by atoms with E-state index < -0.39 is 11.7 Å². The number of carbonyl (C=O) groups excluding carboxylic acids is 2. The van der Waals surface area contributed by atoms with Crippen molar-refractivity contribution in [1.82, 2.24) is 5.32 Å². The van der Waals surface area contributed by atoms with Crippen LogP contribution >= 0.6 is 0 Å². The van der Waals surface area contributed by atoms with Gasteiger partial charge in [0.15, 0.2) is 5.78 Å². The number of amides is 1. The highest BCUT2D eigenvalue weighted by Crippen LogP contribution is 2.08. The largest absolute Gasteiger partial charge is 0.444 e. The summed E-state index contributed by atoms with van der Waals surface area (Å²) in [5, 5.41) is 2.69. The normalized spacial score (nSPS) is 10.9. The van der Waals surface area contributed by atoms with Gasteiger partial charge in [-0.05, 0) is 45.7 Å². The maximum Gasteiger partial charge on any atom is 0.407 e. The number of rotatable bonds is 4. The molecule has 0 heterocycles. The Bertz CT molecular complexity index is 461. The van der Waals surface area contributed by atoms with Crippen molar-refractivity contribution in [3.63, 3.8) is 0 Å². The zero-order valence-electron chi connectivity index (χ0n) is 11.9. The summed E-state index contributed by atoms with van der Waals surface area (Å²) >= 11 is 0. The minimum Gasteiger partial charge on any atom is -0.444 e. The smallest absolute Gasteiger partial charge is 0.407 e. The molecule has 1 rings (SSSR count). The van der Waals surface area contributed by atoms with Crippen LogP contribution in [-0.4, -0.2) is 24.0 Å². The quantitative estimate of drug-likeness (QED) is 0.850. The highest BCUT2D eigenvalue weighted by molar-refractivity contribution is 5.94. The lowest BCUT2D eigenvalue weighted by Gasteiger charge is -2.19. The Morgan fingerprint density at radius 3 is 2.53 bits per heavy atom. The summed E-state index contributed by atoms with van der Waals surface area (Å²) in [6.07, 6.45) is 0.246. The number of hydrogen-bond donors (Lipinski definition) is 1. The number of carbonyl (C=O) groups is 2. The fourth-order valence-corrected chi connectivity index (χ4v) is 1.57. The Balaban J connectivity index is 2.43. The van der Waals surface area contributed by atoms with Crippen LogP contribution in [0.25, 0.3) is 0 Å². The molecule has 0 unspecified atom stereocenters. The first-order chi connectivity index (χ1) is 8.78. The molecule has 104 valence electrons.